The molecule has 0 aromatic heterocycles. The molecule has 108 valence electrons. The van der Waals surface area contributed by atoms with Gasteiger partial charge in [-0.25, -0.2) is 0 Å². The molecule has 0 bridgehead atoms. The summed E-state index contributed by atoms with van der Waals surface area (Å²) in [6.45, 7) is 4.27. The zero-order valence-electron chi connectivity index (χ0n) is 12.0. The Labute approximate surface area is 120 Å². The van der Waals surface area contributed by atoms with Gasteiger partial charge in [0.2, 0.25) is 5.91 Å². The molecule has 1 N–H and O–H groups in total. The standard InChI is InChI=1S/C16H22N2O2/c1-2-16(19)18-8-9-20-15-6-5-12(11-14(15)18)10-13-4-3-7-17-13/h5-6,11,13,17H,2-4,7-10H2,1H3. The molecular formula is C16H22N2O2. The van der Waals surface area contributed by atoms with Gasteiger partial charge in [0.05, 0.1) is 12.2 Å². The third kappa shape index (κ3) is 2.66. The number of benzene rings is 1. The highest BCUT2D eigenvalue weighted by Gasteiger charge is 2.23. The lowest BCUT2D eigenvalue weighted by molar-refractivity contribution is -0.118. The third-order valence-electron chi connectivity index (χ3n) is 4.13. The fraction of sp³-hybridized carbons (Fsp3) is 0.562. The number of nitrogens with zero attached hydrogens (tertiary/aromatic N) is 1. The van der Waals surface area contributed by atoms with Crippen molar-refractivity contribution >= 4 is 11.6 Å². The minimum Gasteiger partial charge on any atom is -0.490 e. The second kappa shape index (κ2) is 5.83. The van der Waals surface area contributed by atoms with E-state index in [2.05, 4.69) is 17.4 Å². The number of amides is 1. The van der Waals surface area contributed by atoms with E-state index in [0.29, 0.717) is 25.6 Å². The first kappa shape index (κ1) is 13.4. The summed E-state index contributed by atoms with van der Waals surface area (Å²) in [6, 6.07) is 6.84. The lowest BCUT2D eigenvalue weighted by Crippen LogP contribution is -2.37. The second-order valence-corrected chi connectivity index (χ2v) is 5.55. The number of fused-ring (bicyclic) bond motifs is 1. The molecule has 1 saturated heterocycles. The van der Waals surface area contributed by atoms with Crippen molar-refractivity contribution in [3.8, 4) is 5.75 Å². The van der Waals surface area contributed by atoms with Crippen molar-refractivity contribution in [2.75, 3.05) is 24.6 Å². The summed E-state index contributed by atoms with van der Waals surface area (Å²) < 4.78 is 5.66. The summed E-state index contributed by atoms with van der Waals surface area (Å²) in [5.41, 5.74) is 2.22. The monoisotopic (exact) mass is 274 g/mol. The maximum absolute atomic E-state index is 12.0. The largest absolute Gasteiger partial charge is 0.490 e. The summed E-state index contributed by atoms with van der Waals surface area (Å²) >= 11 is 0. The Balaban J connectivity index is 1.83. The summed E-state index contributed by atoms with van der Waals surface area (Å²) in [7, 11) is 0. The lowest BCUT2D eigenvalue weighted by Gasteiger charge is -2.30. The van der Waals surface area contributed by atoms with E-state index in [9.17, 15) is 4.79 Å². The maximum Gasteiger partial charge on any atom is 0.226 e. The molecule has 0 aliphatic carbocycles. The molecule has 4 nitrogen and oxygen atoms in total. The highest BCUT2D eigenvalue weighted by atomic mass is 16.5. The number of carbonyl (C=O) groups is 1. The molecule has 1 aromatic rings. The first-order chi connectivity index (χ1) is 9.78. The van der Waals surface area contributed by atoms with Gasteiger partial charge in [-0.15, -0.1) is 0 Å². The van der Waals surface area contributed by atoms with Crippen LogP contribution in [0.1, 0.15) is 31.7 Å². The van der Waals surface area contributed by atoms with Gasteiger partial charge in [0, 0.05) is 12.5 Å². The van der Waals surface area contributed by atoms with E-state index in [1.54, 1.807) is 0 Å². The second-order valence-electron chi connectivity index (χ2n) is 5.55. The molecule has 1 atom stereocenters. The molecule has 0 saturated carbocycles. The average molecular weight is 274 g/mol. The van der Waals surface area contributed by atoms with Gasteiger partial charge >= 0.3 is 0 Å². The van der Waals surface area contributed by atoms with Gasteiger partial charge in [0.15, 0.2) is 0 Å². The number of anilines is 1. The van der Waals surface area contributed by atoms with Crippen LogP contribution in [0.4, 0.5) is 5.69 Å². The number of carbonyl (C=O) groups excluding carboxylic acids is 1. The Morgan fingerprint density at radius 2 is 2.40 bits per heavy atom. The summed E-state index contributed by atoms with van der Waals surface area (Å²) in [6.07, 6.45) is 4.07. The van der Waals surface area contributed by atoms with Crippen molar-refractivity contribution in [1.82, 2.24) is 5.32 Å². The molecule has 1 aromatic carbocycles. The van der Waals surface area contributed by atoms with Crippen LogP contribution < -0.4 is 15.0 Å². The normalized spacial score (nSPS) is 21.4. The van der Waals surface area contributed by atoms with Crippen LogP contribution in [0.2, 0.25) is 0 Å². The zero-order chi connectivity index (χ0) is 13.9. The third-order valence-corrected chi connectivity index (χ3v) is 4.13. The Morgan fingerprint density at radius 3 is 3.15 bits per heavy atom. The molecule has 0 radical (unpaired) electrons. The van der Waals surface area contributed by atoms with Gasteiger partial charge in [-0.1, -0.05) is 13.0 Å². The SMILES string of the molecule is CCC(=O)N1CCOc2ccc(CC3CCCN3)cc21. The van der Waals surface area contributed by atoms with Crippen LogP contribution in [0.15, 0.2) is 18.2 Å². The zero-order valence-corrected chi connectivity index (χ0v) is 12.0. The van der Waals surface area contributed by atoms with Crippen LogP contribution in [-0.4, -0.2) is 31.6 Å². The van der Waals surface area contributed by atoms with Gasteiger partial charge in [0.1, 0.15) is 12.4 Å². The topological polar surface area (TPSA) is 41.6 Å². The van der Waals surface area contributed by atoms with Crippen LogP contribution in [0.5, 0.6) is 5.75 Å². The van der Waals surface area contributed by atoms with Crippen LogP contribution in [0.25, 0.3) is 0 Å². The number of nitrogens with one attached hydrogen (secondary N) is 1. The first-order valence-electron chi connectivity index (χ1n) is 7.57. The summed E-state index contributed by atoms with van der Waals surface area (Å²) in [4.78, 5) is 13.9. The van der Waals surface area contributed by atoms with E-state index in [4.69, 9.17) is 4.74 Å². The van der Waals surface area contributed by atoms with E-state index < -0.39 is 0 Å². The van der Waals surface area contributed by atoms with Crippen molar-refractivity contribution in [3.05, 3.63) is 23.8 Å². The fourth-order valence-corrected chi connectivity index (χ4v) is 3.06. The molecule has 2 aliphatic heterocycles. The van der Waals surface area contributed by atoms with Gasteiger partial charge in [-0.2, -0.15) is 0 Å². The highest BCUT2D eigenvalue weighted by Crippen LogP contribution is 2.33. The predicted octanol–water partition coefficient (Wildman–Crippen LogP) is 2.12. The highest BCUT2D eigenvalue weighted by molar-refractivity contribution is 5.95. The van der Waals surface area contributed by atoms with Gasteiger partial charge in [0.25, 0.3) is 0 Å². The molecule has 2 aliphatic rings. The van der Waals surface area contributed by atoms with E-state index in [1.165, 1.54) is 18.4 Å². The Hall–Kier alpha value is -1.55. The molecule has 20 heavy (non-hydrogen) atoms. The molecule has 0 spiro atoms. The minimum absolute atomic E-state index is 0.172. The van der Waals surface area contributed by atoms with Crippen molar-refractivity contribution in [2.24, 2.45) is 0 Å². The van der Waals surface area contributed by atoms with Crippen LogP contribution >= 0.6 is 0 Å². The van der Waals surface area contributed by atoms with Crippen molar-refractivity contribution in [1.29, 1.82) is 0 Å². The molecule has 2 heterocycles. The lowest BCUT2D eigenvalue weighted by atomic mass is 10.0. The Morgan fingerprint density at radius 1 is 1.50 bits per heavy atom. The van der Waals surface area contributed by atoms with E-state index >= 15 is 0 Å². The maximum atomic E-state index is 12.0. The van der Waals surface area contributed by atoms with E-state index in [-0.39, 0.29) is 5.91 Å². The number of rotatable bonds is 3. The van der Waals surface area contributed by atoms with E-state index in [0.717, 1.165) is 24.4 Å². The quantitative estimate of drug-likeness (QED) is 0.918. The summed E-state index contributed by atoms with van der Waals surface area (Å²) in [5, 5.41) is 3.52. The molecular weight excluding hydrogens is 252 g/mol. The fourth-order valence-electron chi connectivity index (χ4n) is 3.06. The number of ether oxygens (including phenoxy) is 1. The van der Waals surface area contributed by atoms with E-state index in [1.807, 2.05) is 17.9 Å². The van der Waals surface area contributed by atoms with Crippen LogP contribution in [0.3, 0.4) is 0 Å². The summed E-state index contributed by atoms with van der Waals surface area (Å²) in [5.74, 6) is 1.01. The van der Waals surface area contributed by atoms with Crippen LogP contribution in [-0.2, 0) is 11.2 Å². The van der Waals surface area contributed by atoms with Gasteiger partial charge < -0.3 is 15.0 Å². The predicted molar refractivity (Wildman–Crippen MR) is 79.3 cm³/mol. The molecule has 1 amide bonds. The molecule has 1 fully saturated rings. The van der Waals surface area contributed by atoms with Crippen molar-refractivity contribution < 1.29 is 9.53 Å². The number of hydrogen-bond donors (Lipinski definition) is 1. The van der Waals surface area contributed by atoms with Gasteiger partial charge in [-0.3, -0.25) is 4.79 Å². The Kier molecular flexibility index (Phi) is 3.92. The molecule has 1 unspecified atom stereocenters. The first-order valence-corrected chi connectivity index (χ1v) is 7.57. The van der Waals surface area contributed by atoms with Crippen molar-refractivity contribution in [3.63, 3.8) is 0 Å². The minimum atomic E-state index is 0.172. The van der Waals surface area contributed by atoms with Crippen LogP contribution in [0, 0.1) is 0 Å². The molecule has 3 rings (SSSR count). The Bertz CT molecular complexity index is 495. The van der Waals surface area contributed by atoms with Gasteiger partial charge in [-0.05, 0) is 43.5 Å². The number of hydrogen-bond acceptors (Lipinski definition) is 3. The smallest absolute Gasteiger partial charge is 0.226 e. The van der Waals surface area contributed by atoms with Crippen molar-refractivity contribution in [2.45, 2.75) is 38.6 Å². The molecule has 4 heteroatoms. The average Bonchev–Trinajstić information content (AvgIpc) is 2.98.